The molecule has 0 radical (unpaired) electrons. The normalized spacial score (nSPS) is 33.4. The van der Waals surface area contributed by atoms with E-state index < -0.39 is 0 Å². The SMILES string of the molecule is CN1CCC(CNC2CCCC2CO)CC1. The zero-order chi connectivity index (χ0) is 11.4. The number of nitrogens with one attached hydrogen (secondary N) is 1. The third kappa shape index (κ3) is 3.19. The van der Waals surface area contributed by atoms with Gasteiger partial charge in [0.15, 0.2) is 0 Å². The molecule has 0 aromatic heterocycles. The van der Waals surface area contributed by atoms with E-state index in [-0.39, 0.29) is 0 Å². The van der Waals surface area contributed by atoms with Gasteiger partial charge in [-0.3, -0.25) is 0 Å². The Labute approximate surface area is 99.2 Å². The Hall–Kier alpha value is -0.120. The lowest BCUT2D eigenvalue weighted by Gasteiger charge is -2.30. The van der Waals surface area contributed by atoms with Crippen LogP contribution in [0.2, 0.25) is 0 Å². The van der Waals surface area contributed by atoms with Crippen molar-refractivity contribution in [1.82, 2.24) is 10.2 Å². The van der Waals surface area contributed by atoms with Gasteiger partial charge < -0.3 is 15.3 Å². The Morgan fingerprint density at radius 2 is 1.94 bits per heavy atom. The van der Waals surface area contributed by atoms with Gasteiger partial charge in [-0.2, -0.15) is 0 Å². The molecule has 2 N–H and O–H groups in total. The standard InChI is InChI=1S/C13H26N2O/c1-15-7-5-11(6-8-15)9-14-13-4-2-3-12(13)10-16/h11-14,16H,2-10H2,1H3. The van der Waals surface area contributed by atoms with Gasteiger partial charge in [0, 0.05) is 12.6 Å². The van der Waals surface area contributed by atoms with Gasteiger partial charge in [0.2, 0.25) is 0 Å². The van der Waals surface area contributed by atoms with Crippen molar-refractivity contribution in [2.24, 2.45) is 11.8 Å². The summed E-state index contributed by atoms with van der Waals surface area (Å²) in [5.74, 6) is 1.38. The largest absolute Gasteiger partial charge is 0.396 e. The summed E-state index contributed by atoms with van der Waals surface area (Å²) in [5.41, 5.74) is 0. The Balaban J connectivity index is 1.67. The van der Waals surface area contributed by atoms with Crippen LogP contribution in [0.3, 0.4) is 0 Å². The summed E-state index contributed by atoms with van der Waals surface area (Å²) in [5, 5.41) is 13.0. The number of rotatable bonds is 4. The zero-order valence-corrected chi connectivity index (χ0v) is 10.5. The van der Waals surface area contributed by atoms with Crippen LogP contribution < -0.4 is 5.32 Å². The predicted molar refractivity (Wildman–Crippen MR) is 66.4 cm³/mol. The lowest BCUT2D eigenvalue weighted by molar-refractivity contribution is 0.186. The van der Waals surface area contributed by atoms with Gasteiger partial charge in [0.1, 0.15) is 0 Å². The molecule has 3 heteroatoms. The molecule has 0 spiro atoms. The molecular formula is C13H26N2O. The van der Waals surface area contributed by atoms with E-state index in [0.29, 0.717) is 18.6 Å². The van der Waals surface area contributed by atoms with Gasteiger partial charge in [-0.15, -0.1) is 0 Å². The molecule has 2 aliphatic rings. The molecule has 0 aromatic carbocycles. The number of hydrogen-bond acceptors (Lipinski definition) is 3. The van der Waals surface area contributed by atoms with E-state index >= 15 is 0 Å². The maximum absolute atomic E-state index is 9.26. The van der Waals surface area contributed by atoms with Crippen LogP contribution in [-0.2, 0) is 0 Å². The minimum Gasteiger partial charge on any atom is -0.396 e. The molecule has 1 heterocycles. The van der Waals surface area contributed by atoms with Crippen molar-refractivity contribution >= 4 is 0 Å². The quantitative estimate of drug-likeness (QED) is 0.753. The van der Waals surface area contributed by atoms with E-state index in [9.17, 15) is 5.11 Å². The fourth-order valence-electron chi connectivity index (χ4n) is 3.11. The molecule has 1 saturated heterocycles. The Bertz CT molecular complexity index is 202. The van der Waals surface area contributed by atoms with E-state index in [1.54, 1.807) is 0 Å². The van der Waals surface area contributed by atoms with Gasteiger partial charge in [-0.1, -0.05) is 6.42 Å². The summed E-state index contributed by atoms with van der Waals surface area (Å²) in [6.45, 7) is 4.03. The number of piperidine rings is 1. The van der Waals surface area contributed by atoms with E-state index in [1.165, 1.54) is 45.2 Å². The summed E-state index contributed by atoms with van der Waals surface area (Å²) in [6, 6.07) is 0.588. The first-order valence-corrected chi connectivity index (χ1v) is 6.82. The molecule has 1 saturated carbocycles. The van der Waals surface area contributed by atoms with Crippen LogP contribution in [0.15, 0.2) is 0 Å². The molecule has 2 atom stereocenters. The Kier molecular flexibility index (Phi) is 4.62. The zero-order valence-electron chi connectivity index (χ0n) is 10.5. The van der Waals surface area contributed by atoms with Gasteiger partial charge in [0.05, 0.1) is 0 Å². The molecule has 94 valence electrons. The molecule has 2 fully saturated rings. The summed E-state index contributed by atoms with van der Waals surface area (Å²) in [4.78, 5) is 2.42. The van der Waals surface area contributed by atoms with Crippen molar-refractivity contribution in [3.05, 3.63) is 0 Å². The van der Waals surface area contributed by atoms with Crippen LogP contribution in [0, 0.1) is 11.8 Å². The fraction of sp³-hybridized carbons (Fsp3) is 1.00. The summed E-state index contributed by atoms with van der Waals surface area (Å²) >= 11 is 0. The van der Waals surface area contributed by atoms with Gasteiger partial charge in [-0.25, -0.2) is 0 Å². The number of hydrogen-bond donors (Lipinski definition) is 2. The topological polar surface area (TPSA) is 35.5 Å². The van der Waals surface area contributed by atoms with Crippen LogP contribution in [-0.4, -0.2) is 49.3 Å². The molecular weight excluding hydrogens is 200 g/mol. The second-order valence-electron chi connectivity index (χ2n) is 5.63. The van der Waals surface area contributed by atoms with Crippen LogP contribution in [0.5, 0.6) is 0 Å². The first-order valence-electron chi connectivity index (χ1n) is 6.82. The molecule has 16 heavy (non-hydrogen) atoms. The number of nitrogens with zero attached hydrogens (tertiary/aromatic N) is 1. The second kappa shape index (κ2) is 5.99. The van der Waals surface area contributed by atoms with Crippen LogP contribution >= 0.6 is 0 Å². The fourth-order valence-corrected chi connectivity index (χ4v) is 3.11. The Morgan fingerprint density at radius 3 is 2.62 bits per heavy atom. The maximum atomic E-state index is 9.26. The molecule has 1 aliphatic heterocycles. The summed E-state index contributed by atoms with van der Waals surface area (Å²) in [7, 11) is 2.21. The van der Waals surface area contributed by atoms with Gasteiger partial charge >= 0.3 is 0 Å². The van der Waals surface area contributed by atoms with Gasteiger partial charge in [-0.05, 0) is 64.2 Å². The van der Waals surface area contributed by atoms with E-state index in [2.05, 4.69) is 17.3 Å². The highest BCUT2D eigenvalue weighted by Crippen LogP contribution is 2.25. The third-order valence-corrected chi connectivity index (χ3v) is 4.40. The summed E-state index contributed by atoms with van der Waals surface area (Å²) in [6.07, 6.45) is 6.43. The average molecular weight is 226 g/mol. The highest BCUT2D eigenvalue weighted by atomic mass is 16.3. The minimum atomic E-state index is 0.366. The first-order chi connectivity index (χ1) is 7.79. The van der Waals surface area contributed by atoms with Crippen molar-refractivity contribution in [3.63, 3.8) is 0 Å². The number of aliphatic hydroxyl groups is 1. The molecule has 3 nitrogen and oxygen atoms in total. The smallest absolute Gasteiger partial charge is 0.0474 e. The van der Waals surface area contributed by atoms with Crippen molar-refractivity contribution in [2.45, 2.75) is 38.1 Å². The molecule has 2 rings (SSSR count). The lowest BCUT2D eigenvalue weighted by atomic mass is 9.96. The van der Waals surface area contributed by atoms with Crippen molar-refractivity contribution in [2.75, 3.05) is 33.3 Å². The highest BCUT2D eigenvalue weighted by Gasteiger charge is 2.27. The third-order valence-electron chi connectivity index (χ3n) is 4.40. The molecule has 2 unspecified atom stereocenters. The molecule has 0 bridgehead atoms. The predicted octanol–water partition coefficient (Wildman–Crippen LogP) is 1.08. The molecule has 0 aromatic rings. The van der Waals surface area contributed by atoms with Crippen LogP contribution in [0.4, 0.5) is 0 Å². The van der Waals surface area contributed by atoms with E-state index in [0.717, 1.165) is 12.5 Å². The average Bonchev–Trinajstić information content (AvgIpc) is 2.76. The minimum absolute atomic E-state index is 0.366. The highest BCUT2D eigenvalue weighted by molar-refractivity contribution is 4.84. The van der Waals surface area contributed by atoms with E-state index in [1.807, 2.05) is 0 Å². The number of aliphatic hydroxyl groups excluding tert-OH is 1. The summed E-state index contributed by atoms with van der Waals surface area (Å²) < 4.78 is 0. The molecule has 0 amide bonds. The first kappa shape index (κ1) is 12.3. The van der Waals surface area contributed by atoms with E-state index in [4.69, 9.17) is 0 Å². The van der Waals surface area contributed by atoms with Gasteiger partial charge in [0.25, 0.3) is 0 Å². The monoisotopic (exact) mass is 226 g/mol. The number of likely N-dealkylation sites (tertiary alicyclic amines) is 1. The second-order valence-corrected chi connectivity index (χ2v) is 5.63. The van der Waals surface area contributed by atoms with Crippen molar-refractivity contribution in [1.29, 1.82) is 0 Å². The van der Waals surface area contributed by atoms with Crippen molar-refractivity contribution in [3.8, 4) is 0 Å². The lowest BCUT2D eigenvalue weighted by Crippen LogP contribution is -2.40. The van der Waals surface area contributed by atoms with Crippen LogP contribution in [0.25, 0.3) is 0 Å². The van der Waals surface area contributed by atoms with Crippen molar-refractivity contribution < 1.29 is 5.11 Å². The Morgan fingerprint density at radius 1 is 1.19 bits per heavy atom. The maximum Gasteiger partial charge on any atom is 0.0474 e. The molecule has 1 aliphatic carbocycles. The van der Waals surface area contributed by atoms with Crippen LogP contribution in [0.1, 0.15) is 32.1 Å².